The molecule has 6 nitrogen and oxygen atoms in total. The summed E-state index contributed by atoms with van der Waals surface area (Å²) in [4.78, 5) is 27.3. The normalized spacial score (nSPS) is 21.2. The molecule has 0 bridgehead atoms. The van der Waals surface area contributed by atoms with Gasteiger partial charge in [0.2, 0.25) is 0 Å². The maximum absolute atomic E-state index is 12.2. The molecule has 2 heterocycles. The van der Waals surface area contributed by atoms with Crippen molar-refractivity contribution < 1.29 is 9.59 Å². The minimum Gasteiger partial charge on any atom is -0.303 e. The van der Waals surface area contributed by atoms with Crippen molar-refractivity contribution in [3.05, 3.63) is 8.92 Å². The van der Waals surface area contributed by atoms with Gasteiger partial charge in [0.1, 0.15) is 10.5 Å². The first-order chi connectivity index (χ1) is 8.58. The lowest BCUT2D eigenvalue weighted by Crippen LogP contribution is -2.36. The van der Waals surface area contributed by atoms with Gasteiger partial charge in [0.25, 0.3) is 5.91 Å². The van der Waals surface area contributed by atoms with Crippen molar-refractivity contribution in [2.75, 3.05) is 6.54 Å². The largest absolute Gasteiger partial charge is 0.328 e. The number of carbonyl (C=O) groups is 2. The van der Waals surface area contributed by atoms with Crippen molar-refractivity contribution in [3.63, 3.8) is 0 Å². The third-order valence-electron chi connectivity index (χ3n) is 3.40. The number of rotatable bonds is 3. The van der Waals surface area contributed by atoms with Crippen molar-refractivity contribution in [3.8, 4) is 0 Å². The van der Waals surface area contributed by atoms with E-state index in [1.54, 1.807) is 4.90 Å². The topological polar surface area (TPSA) is 66.4 Å². The summed E-state index contributed by atoms with van der Waals surface area (Å²) in [5.41, 5.74) is -0.578. The number of hydrogen-bond acceptors (Lipinski definition) is 5. The van der Waals surface area contributed by atoms with Crippen molar-refractivity contribution in [1.82, 2.24) is 20.0 Å². The number of hydrogen-bond donors (Lipinski definition) is 0. The minimum absolute atomic E-state index is 0.0569. The Morgan fingerprint density at radius 2 is 2.11 bits per heavy atom. The Bertz CT molecular complexity index is 528. The van der Waals surface area contributed by atoms with Gasteiger partial charge in [0.05, 0.1) is 6.54 Å². The highest BCUT2D eigenvalue weighted by Gasteiger charge is 2.64. The Hall–Kier alpha value is -1.02. The number of nitrogens with zero attached hydrogens (tertiary/aromatic N) is 4. The van der Waals surface area contributed by atoms with Gasteiger partial charge in [0.15, 0.2) is 3.92 Å². The smallest absolute Gasteiger partial charge is 0.303 e. The van der Waals surface area contributed by atoms with E-state index >= 15 is 0 Å². The summed E-state index contributed by atoms with van der Waals surface area (Å²) in [5.74, 6) is -0.0569. The number of aromatic nitrogens is 2. The molecule has 18 heavy (non-hydrogen) atoms. The molecule has 0 unspecified atom stereocenters. The second-order valence-corrected chi connectivity index (χ2v) is 6.74. The molecule has 0 atom stereocenters. The molecule has 8 heteroatoms. The number of likely N-dealkylation sites (N-methyl/N-ethyl adjacent to an activating group) is 1. The average molecular weight is 331 g/mol. The number of halogens is 1. The second-order valence-electron chi connectivity index (χ2n) is 4.40. The van der Waals surface area contributed by atoms with Crippen molar-refractivity contribution in [2.24, 2.45) is 0 Å². The molecule has 1 aliphatic heterocycles. The molecule has 3 rings (SSSR count). The highest BCUT2D eigenvalue weighted by atomic mass is 79.9. The van der Waals surface area contributed by atoms with Crippen LogP contribution in [0.1, 0.15) is 24.8 Å². The lowest BCUT2D eigenvalue weighted by molar-refractivity contribution is -0.129. The predicted molar refractivity (Wildman–Crippen MR) is 67.9 cm³/mol. The SMILES string of the molecule is CCN1C(=O)N(Cc2nnc(Br)s2)C2(CC2)C1=O. The standard InChI is InChI=1S/C10H11BrN4O2S/c1-2-14-7(16)10(3-4-10)15(9(14)17)5-6-12-13-8(11)18-6/h2-5H2,1H3. The van der Waals surface area contributed by atoms with Crippen LogP contribution in [0.5, 0.6) is 0 Å². The van der Waals surface area contributed by atoms with Crippen LogP contribution in [0.2, 0.25) is 0 Å². The Balaban J connectivity index is 1.87. The first-order valence-electron chi connectivity index (χ1n) is 5.70. The Kier molecular flexibility index (Phi) is 2.67. The number of imide groups is 1. The lowest BCUT2D eigenvalue weighted by Gasteiger charge is -2.19. The summed E-state index contributed by atoms with van der Waals surface area (Å²) in [7, 11) is 0. The van der Waals surface area contributed by atoms with E-state index in [9.17, 15) is 9.59 Å². The fraction of sp³-hybridized carbons (Fsp3) is 0.600. The quantitative estimate of drug-likeness (QED) is 0.790. The van der Waals surface area contributed by atoms with Gasteiger partial charge in [-0.2, -0.15) is 0 Å². The van der Waals surface area contributed by atoms with Gasteiger partial charge in [-0.05, 0) is 35.7 Å². The monoisotopic (exact) mass is 330 g/mol. The van der Waals surface area contributed by atoms with Crippen LogP contribution in [0.3, 0.4) is 0 Å². The maximum Gasteiger partial charge on any atom is 0.328 e. The van der Waals surface area contributed by atoms with E-state index < -0.39 is 5.54 Å². The van der Waals surface area contributed by atoms with Gasteiger partial charge in [-0.25, -0.2) is 4.79 Å². The molecular formula is C10H11BrN4O2S. The van der Waals surface area contributed by atoms with Gasteiger partial charge in [-0.3, -0.25) is 9.69 Å². The molecule has 2 fully saturated rings. The Labute approximate surface area is 116 Å². The van der Waals surface area contributed by atoms with Crippen molar-refractivity contribution in [2.45, 2.75) is 31.8 Å². The second kappa shape index (κ2) is 3.99. The van der Waals surface area contributed by atoms with E-state index in [0.717, 1.165) is 17.8 Å². The number of amides is 3. The van der Waals surface area contributed by atoms with Crippen LogP contribution < -0.4 is 0 Å². The molecule has 1 aromatic heterocycles. The van der Waals surface area contributed by atoms with Crippen LogP contribution in [-0.2, 0) is 11.3 Å². The van der Waals surface area contributed by atoms with E-state index in [2.05, 4.69) is 26.1 Å². The summed E-state index contributed by atoms with van der Waals surface area (Å²) in [5, 5.41) is 8.58. The van der Waals surface area contributed by atoms with Crippen LogP contribution in [0.25, 0.3) is 0 Å². The summed E-state index contributed by atoms with van der Waals surface area (Å²) in [6.07, 6.45) is 1.52. The third-order valence-corrected chi connectivity index (χ3v) is 4.74. The summed E-state index contributed by atoms with van der Waals surface area (Å²) in [6, 6.07) is -0.202. The molecule has 1 spiro atoms. The first-order valence-corrected chi connectivity index (χ1v) is 7.31. The van der Waals surface area contributed by atoms with E-state index in [-0.39, 0.29) is 11.9 Å². The van der Waals surface area contributed by atoms with Crippen molar-refractivity contribution in [1.29, 1.82) is 0 Å². The van der Waals surface area contributed by atoms with Crippen LogP contribution >= 0.6 is 27.3 Å². The highest BCUT2D eigenvalue weighted by Crippen LogP contribution is 2.48. The number of carbonyl (C=O) groups excluding carboxylic acids is 2. The lowest BCUT2D eigenvalue weighted by atomic mass is 10.2. The molecular weight excluding hydrogens is 320 g/mol. The first kappa shape index (κ1) is 12.0. The number of urea groups is 1. The van der Waals surface area contributed by atoms with Gasteiger partial charge in [-0.15, -0.1) is 10.2 Å². The molecule has 3 amide bonds. The molecule has 0 aromatic carbocycles. The van der Waals surface area contributed by atoms with Gasteiger partial charge in [-0.1, -0.05) is 11.3 Å². The summed E-state index contributed by atoms with van der Waals surface area (Å²) in [6.45, 7) is 2.61. The van der Waals surface area contributed by atoms with Crippen LogP contribution in [0, 0.1) is 0 Å². The molecule has 1 aromatic rings. The summed E-state index contributed by atoms with van der Waals surface area (Å²) >= 11 is 4.63. The Morgan fingerprint density at radius 3 is 2.61 bits per heavy atom. The van der Waals surface area contributed by atoms with Crippen LogP contribution in [0.15, 0.2) is 3.92 Å². The zero-order valence-electron chi connectivity index (χ0n) is 9.72. The van der Waals surface area contributed by atoms with Crippen LogP contribution in [-0.4, -0.2) is 44.0 Å². The third kappa shape index (κ3) is 1.58. The van der Waals surface area contributed by atoms with E-state index in [1.807, 2.05) is 6.92 Å². The Morgan fingerprint density at radius 1 is 1.39 bits per heavy atom. The fourth-order valence-corrected chi connectivity index (χ4v) is 3.51. The molecule has 1 saturated heterocycles. The zero-order chi connectivity index (χ0) is 12.9. The van der Waals surface area contributed by atoms with Gasteiger partial charge >= 0.3 is 6.03 Å². The minimum atomic E-state index is -0.578. The predicted octanol–water partition coefficient (Wildman–Crippen LogP) is 1.62. The molecule has 2 aliphatic rings. The van der Waals surface area contributed by atoms with Gasteiger partial charge in [0, 0.05) is 6.54 Å². The molecule has 1 saturated carbocycles. The highest BCUT2D eigenvalue weighted by molar-refractivity contribution is 9.11. The molecule has 0 radical (unpaired) electrons. The van der Waals surface area contributed by atoms with E-state index in [4.69, 9.17) is 0 Å². The van der Waals surface area contributed by atoms with Crippen molar-refractivity contribution >= 4 is 39.2 Å². The average Bonchev–Trinajstić information content (AvgIpc) is 3.00. The fourth-order valence-electron chi connectivity index (χ4n) is 2.31. The zero-order valence-corrected chi connectivity index (χ0v) is 12.1. The van der Waals surface area contributed by atoms with Crippen LogP contribution in [0.4, 0.5) is 4.79 Å². The van der Waals surface area contributed by atoms with Gasteiger partial charge < -0.3 is 4.90 Å². The van der Waals surface area contributed by atoms with E-state index in [1.165, 1.54) is 16.2 Å². The molecule has 96 valence electrons. The maximum atomic E-state index is 12.2. The van der Waals surface area contributed by atoms with E-state index in [0.29, 0.717) is 17.0 Å². The molecule has 1 aliphatic carbocycles. The molecule has 0 N–H and O–H groups in total. The summed E-state index contributed by atoms with van der Waals surface area (Å²) < 4.78 is 0.688.